The number of hydrogen-bond acceptors (Lipinski definition) is 3. The van der Waals surface area contributed by atoms with Crippen molar-refractivity contribution in [3.8, 4) is 0 Å². The lowest BCUT2D eigenvalue weighted by Crippen LogP contribution is -2.19. The highest BCUT2D eigenvalue weighted by Crippen LogP contribution is 2.24. The number of nitrogens with zero attached hydrogens (tertiary/aromatic N) is 1. The standard InChI is InChI=1S/C7H6FN3O2S/c8-4-1-2-5(10-7(9)14)6(3-4)11(12)13/h1-3H,(H3,9,10,14). The van der Waals surface area contributed by atoms with Gasteiger partial charge in [-0.15, -0.1) is 0 Å². The number of thiocarbonyl (C=S) groups is 1. The molecule has 0 saturated carbocycles. The fourth-order valence-corrected chi connectivity index (χ4v) is 1.00. The van der Waals surface area contributed by atoms with Gasteiger partial charge in [-0.25, -0.2) is 4.39 Å². The Balaban J connectivity index is 3.14. The maximum Gasteiger partial charge on any atom is 0.295 e. The zero-order valence-corrected chi connectivity index (χ0v) is 7.68. The van der Waals surface area contributed by atoms with Gasteiger partial charge >= 0.3 is 0 Å². The monoisotopic (exact) mass is 215 g/mol. The molecule has 1 aromatic rings. The molecule has 7 heteroatoms. The molecular formula is C7H6FN3O2S. The van der Waals surface area contributed by atoms with E-state index in [9.17, 15) is 14.5 Å². The van der Waals surface area contributed by atoms with Crippen molar-refractivity contribution in [2.75, 3.05) is 5.32 Å². The Morgan fingerprint density at radius 3 is 2.79 bits per heavy atom. The van der Waals surface area contributed by atoms with E-state index in [0.29, 0.717) is 0 Å². The van der Waals surface area contributed by atoms with Crippen LogP contribution in [0.3, 0.4) is 0 Å². The Morgan fingerprint density at radius 1 is 1.64 bits per heavy atom. The van der Waals surface area contributed by atoms with Gasteiger partial charge in [0.1, 0.15) is 11.5 Å². The lowest BCUT2D eigenvalue weighted by molar-refractivity contribution is -0.384. The maximum absolute atomic E-state index is 12.6. The van der Waals surface area contributed by atoms with E-state index in [2.05, 4.69) is 17.5 Å². The van der Waals surface area contributed by atoms with Gasteiger partial charge in [0.25, 0.3) is 5.69 Å². The number of hydrogen-bond donors (Lipinski definition) is 2. The van der Waals surface area contributed by atoms with Crippen LogP contribution in [0.5, 0.6) is 0 Å². The molecule has 0 aliphatic rings. The van der Waals surface area contributed by atoms with Gasteiger partial charge in [-0.2, -0.15) is 0 Å². The molecule has 0 radical (unpaired) electrons. The molecule has 0 unspecified atom stereocenters. The number of rotatable bonds is 2. The van der Waals surface area contributed by atoms with Crippen molar-refractivity contribution in [1.82, 2.24) is 0 Å². The van der Waals surface area contributed by atoms with Gasteiger partial charge in [-0.3, -0.25) is 10.1 Å². The number of benzene rings is 1. The number of nitrogens with two attached hydrogens (primary N) is 1. The molecule has 5 nitrogen and oxygen atoms in total. The molecule has 0 bridgehead atoms. The minimum atomic E-state index is -0.719. The summed E-state index contributed by atoms with van der Waals surface area (Å²) in [4.78, 5) is 9.75. The van der Waals surface area contributed by atoms with E-state index in [1.165, 1.54) is 6.07 Å². The highest BCUT2D eigenvalue weighted by molar-refractivity contribution is 7.80. The normalized spacial score (nSPS) is 9.50. The van der Waals surface area contributed by atoms with Crippen LogP contribution in [0.15, 0.2) is 18.2 Å². The van der Waals surface area contributed by atoms with E-state index in [1.807, 2.05) is 0 Å². The van der Waals surface area contributed by atoms with Crippen LogP contribution in [0.25, 0.3) is 0 Å². The molecule has 0 heterocycles. The number of nitro benzene ring substituents is 1. The van der Waals surface area contributed by atoms with E-state index >= 15 is 0 Å². The second-order valence-corrected chi connectivity index (χ2v) is 2.85. The third-order valence-corrected chi connectivity index (χ3v) is 1.52. The van der Waals surface area contributed by atoms with E-state index in [0.717, 1.165) is 12.1 Å². The lowest BCUT2D eigenvalue weighted by Gasteiger charge is -2.03. The van der Waals surface area contributed by atoms with E-state index in [1.54, 1.807) is 0 Å². The van der Waals surface area contributed by atoms with Crippen molar-refractivity contribution < 1.29 is 9.31 Å². The van der Waals surface area contributed by atoms with E-state index in [4.69, 9.17) is 5.73 Å². The van der Waals surface area contributed by atoms with Crippen molar-refractivity contribution >= 4 is 28.7 Å². The molecule has 0 atom stereocenters. The van der Waals surface area contributed by atoms with Gasteiger partial charge < -0.3 is 11.1 Å². The first-order chi connectivity index (χ1) is 6.50. The third-order valence-electron chi connectivity index (χ3n) is 1.41. The molecule has 74 valence electrons. The highest BCUT2D eigenvalue weighted by atomic mass is 32.1. The van der Waals surface area contributed by atoms with Gasteiger partial charge in [-0.1, -0.05) is 0 Å². The van der Waals surface area contributed by atoms with Crippen molar-refractivity contribution in [1.29, 1.82) is 0 Å². The summed E-state index contributed by atoms with van der Waals surface area (Å²) in [7, 11) is 0. The quantitative estimate of drug-likeness (QED) is 0.442. The van der Waals surface area contributed by atoms with Gasteiger partial charge in [-0.05, 0) is 24.4 Å². The summed E-state index contributed by atoms with van der Waals surface area (Å²) in [6.45, 7) is 0. The average molecular weight is 215 g/mol. The number of anilines is 1. The fourth-order valence-electron chi connectivity index (χ4n) is 0.894. The third kappa shape index (κ3) is 2.36. The van der Waals surface area contributed by atoms with Crippen LogP contribution >= 0.6 is 12.2 Å². The van der Waals surface area contributed by atoms with Crippen LogP contribution < -0.4 is 11.1 Å². The molecule has 0 spiro atoms. The molecule has 0 aromatic heterocycles. The minimum Gasteiger partial charge on any atom is -0.376 e. The van der Waals surface area contributed by atoms with Gasteiger partial charge in [0, 0.05) is 0 Å². The van der Waals surface area contributed by atoms with Gasteiger partial charge in [0.05, 0.1) is 11.0 Å². The number of halogens is 1. The van der Waals surface area contributed by atoms with Gasteiger partial charge in [0.15, 0.2) is 5.11 Å². The summed E-state index contributed by atoms with van der Waals surface area (Å²) < 4.78 is 12.6. The smallest absolute Gasteiger partial charge is 0.295 e. The minimum absolute atomic E-state index is 0.0731. The summed E-state index contributed by atoms with van der Waals surface area (Å²) in [5.74, 6) is -0.690. The first-order valence-corrected chi connectivity index (χ1v) is 3.92. The van der Waals surface area contributed by atoms with Crippen LogP contribution in [0, 0.1) is 15.9 Å². The predicted molar refractivity (Wildman–Crippen MR) is 53.5 cm³/mol. The Morgan fingerprint density at radius 2 is 2.29 bits per heavy atom. The summed E-state index contributed by atoms with van der Waals surface area (Å²) in [6.07, 6.45) is 0. The van der Waals surface area contributed by atoms with Crippen LogP contribution in [0.1, 0.15) is 0 Å². The van der Waals surface area contributed by atoms with Crippen molar-refractivity contribution in [3.05, 3.63) is 34.1 Å². The molecule has 0 fully saturated rings. The predicted octanol–water partition coefficient (Wildman–Crippen LogP) is 1.39. The first kappa shape index (κ1) is 10.3. The van der Waals surface area contributed by atoms with Crippen molar-refractivity contribution in [2.45, 2.75) is 0 Å². The largest absolute Gasteiger partial charge is 0.376 e. The van der Waals surface area contributed by atoms with Crippen molar-refractivity contribution in [3.63, 3.8) is 0 Å². The van der Waals surface area contributed by atoms with E-state index in [-0.39, 0.29) is 10.8 Å². The summed E-state index contributed by atoms with van der Waals surface area (Å²) in [6, 6.07) is 3.07. The average Bonchev–Trinajstić information content (AvgIpc) is 2.07. The molecule has 0 aliphatic heterocycles. The molecule has 0 saturated heterocycles. The van der Waals surface area contributed by atoms with Crippen LogP contribution in [0.4, 0.5) is 15.8 Å². The molecular weight excluding hydrogens is 209 g/mol. The highest BCUT2D eigenvalue weighted by Gasteiger charge is 2.14. The summed E-state index contributed by atoms with van der Waals surface area (Å²) >= 11 is 4.51. The Kier molecular flexibility index (Phi) is 2.92. The van der Waals surface area contributed by atoms with Crippen molar-refractivity contribution in [2.24, 2.45) is 5.73 Å². The Bertz CT molecular complexity index is 397. The summed E-state index contributed by atoms with van der Waals surface area (Å²) in [5.41, 5.74) is 4.80. The molecule has 14 heavy (non-hydrogen) atoms. The van der Waals surface area contributed by atoms with Crippen LogP contribution in [0.2, 0.25) is 0 Å². The Labute approximate surface area is 83.9 Å². The van der Waals surface area contributed by atoms with Crippen LogP contribution in [-0.2, 0) is 0 Å². The molecule has 3 N–H and O–H groups in total. The first-order valence-electron chi connectivity index (χ1n) is 3.51. The van der Waals surface area contributed by atoms with Crippen LogP contribution in [-0.4, -0.2) is 10.0 Å². The topological polar surface area (TPSA) is 81.2 Å². The molecule has 1 aromatic carbocycles. The van der Waals surface area contributed by atoms with Gasteiger partial charge in [0.2, 0.25) is 0 Å². The lowest BCUT2D eigenvalue weighted by atomic mass is 10.2. The summed E-state index contributed by atoms with van der Waals surface area (Å²) in [5, 5.41) is 12.7. The SMILES string of the molecule is NC(=S)Nc1ccc(F)cc1[N+](=O)[O-]. The number of nitrogens with one attached hydrogen (secondary N) is 1. The second kappa shape index (κ2) is 3.97. The molecule has 0 aliphatic carbocycles. The zero-order valence-electron chi connectivity index (χ0n) is 6.86. The number of nitro groups is 1. The Hall–Kier alpha value is -1.76. The molecule has 0 amide bonds. The molecule has 1 rings (SSSR count). The fraction of sp³-hybridized carbons (Fsp3) is 0. The second-order valence-electron chi connectivity index (χ2n) is 2.41. The maximum atomic E-state index is 12.6. The van der Waals surface area contributed by atoms with E-state index < -0.39 is 16.4 Å². The zero-order chi connectivity index (χ0) is 10.7.